The van der Waals surface area contributed by atoms with Crippen LogP contribution in [0.4, 0.5) is 13.2 Å². The molecule has 1 aromatic rings. The van der Waals surface area contributed by atoms with Gasteiger partial charge < -0.3 is 15.0 Å². The standard InChI is InChI=1S/C16H20F3N3O3S/c1-3-10(2)21-14(23)12-7-26-9-22(12)15(24)11-4-5-13(20-6-11)25-8-16(17,18)19/h4-6,10,12H,3,7-9H2,1-2H3,(H,21,23)/t10-,12-/m1/s1. The van der Waals surface area contributed by atoms with Crippen LogP contribution in [0.3, 0.4) is 0 Å². The average Bonchev–Trinajstić information content (AvgIpc) is 3.08. The highest BCUT2D eigenvalue weighted by atomic mass is 32.2. The van der Waals surface area contributed by atoms with Crippen molar-refractivity contribution >= 4 is 23.6 Å². The highest BCUT2D eigenvalue weighted by molar-refractivity contribution is 7.99. The van der Waals surface area contributed by atoms with Crippen LogP contribution in [0.1, 0.15) is 30.6 Å². The first-order valence-electron chi connectivity index (χ1n) is 8.06. The normalized spacial score (nSPS) is 18.5. The van der Waals surface area contributed by atoms with Crippen LogP contribution in [0.5, 0.6) is 5.88 Å². The molecule has 144 valence electrons. The summed E-state index contributed by atoms with van der Waals surface area (Å²) in [5, 5.41) is 2.86. The number of thioether (sulfide) groups is 1. The lowest BCUT2D eigenvalue weighted by Gasteiger charge is -2.24. The Morgan fingerprint density at radius 2 is 2.19 bits per heavy atom. The SMILES string of the molecule is CC[C@@H](C)NC(=O)[C@H]1CSCN1C(=O)c1ccc(OCC(F)(F)F)nc1. The number of rotatable bonds is 6. The molecular weight excluding hydrogens is 371 g/mol. The van der Waals surface area contributed by atoms with Crippen molar-refractivity contribution < 1.29 is 27.5 Å². The number of halogens is 3. The molecule has 0 aromatic carbocycles. The lowest BCUT2D eigenvalue weighted by atomic mass is 10.2. The molecule has 1 aliphatic heterocycles. The minimum absolute atomic E-state index is 0.0109. The van der Waals surface area contributed by atoms with Crippen LogP contribution in [0.25, 0.3) is 0 Å². The molecule has 1 saturated heterocycles. The number of carbonyl (C=O) groups is 2. The van der Waals surface area contributed by atoms with Crippen LogP contribution in [-0.4, -0.2) is 58.2 Å². The Morgan fingerprint density at radius 3 is 2.77 bits per heavy atom. The summed E-state index contributed by atoms with van der Waals surface area (Å²) in [4.78, 5) is 30.1. The van der Waals surface area contributed by atoms with E-state index in [-0.39, 0.29) is 23.4 Å². The van der Waals surface area contributed by atoms with E-state index in [1.165, 1.54) is 28.8 Å². The molecule has 2 amide bonds. The summed E-state index contributed by atoms with van der Waals surface area (Å²) < 4.78 is 40.9. The largest absolute Gasteiger partial charge is 0.468 e. The van der Waals surface area contributed by atoms with E-state index in [1.807, 2.05) is 13.8 Å². The van der Waals surface area contributed by atoms with Gasteiger partial charge in [-0.25, -0.2) is 4.98 Å². The van der Waals surface area contributed by atoms with Gasteiger partial charge in [0.2, 0.25) is 11.8 Å². The van der Waals surface area contributed by atoms with Crippen LogP contribution in [-0.2, 0) is 4.79 Å². The quantitative estimate of drug-likeness (QED) is 0.807. The molecule has 0 spiro atoms. The fourth-order valence-electron chi connectivity index (χ4n) is 2.21. The molecule has 2 rings (SSSR count). The second kappa shape index (κ2) is 8.61. The second-order valence-electron chi connectivity index (χ2n) is 5.90. The van der Waals surface area contributed by atoms with E-state index in [4.69, 9.17) is 0 Å². The minimum atomic E-state index is -4.46. The van der Waals surface area contributed by atoms with E-state index in [1.54, 1.807) is 0 Å². The number of hydrogen-bond acceptors (Lipinski definition) is 5. The monoisotopic (exact) mass is 391 g/mol. The molecule has 10 heteroatoms. The Kier molecular flexibility index (Phi) is 6.74. The topological polar surface area (TPSA) is 71.5 Å². The Hall–Kier alpha value is -1.97. The van der Waals surface area contributed by atoms with Gasteiger partial charge in [-0.15, -0.1) is 11.8 Å². The maximum absolute atomic E-state index is 12.6. The van der Waals surface area contributed by atoms with Crippen molar-refractivity contribution in [3.63, 3.8) is 0 Å². The molecule has 1 fully saturated rings. The van der Waals surface area contributed by atoms with Gasteiger partial charge in [0.05, 0.1) is 11.4 Å². The third-order valence-corrected chi connectivity index (χ3v) is 4.83. The van der Waals surface area contributed by atoms with Gasteiger partial charge in [0, 0.05) is 24.1 Å². The summed E-state index contributed by atoms with van der Waals surface area (Å²) in [6.07, 6.45) is -2.53. The van der Waals surface area contributed by atoms with E-state index in [2.05, 4.69) is 15.0 Å². The van der Waals surface area contributed by atoms with Gasteiger partial charge in [0.1, 0.15) is 6.04 Å². The molecule has 0 bridgehead atoms. The summed E-state index contributed by atoms with van der Waals surface area (Å²) in [7, 11) is 0. The van der Waals surface area contributed by atoms with Gasteiger partial charge >= 0.3 is 6.18 Å². The highest BCUT2D eigenvalue weighted by Gasteiger charge is 2.35. The Balaban J connectivity index is 2.02. The summed E-state index contributed by atoms with van der Waals surface area (Å²) in [6, 6.07) is 1.98. The van der Waals surface area contributed by atoms with Gasteiger partial charge in [-0.3, -0.25) is 9.59 Å². The number of nitrogens with one attached hydrogen (secondary N) is 1. The zero-order valence-corrected chi connectivity index (χ0v) is 15.2. The van der Waals surface area contributed by atoms with Crippen LogP contribution >= 0.6 is 11.8 Å². The Morgan fingerprint density at radius 1 is 1.46 bits per heavy atom. The predicted molar refractivity (Wildman–Crippen MR) is 91.0 cm³/mol. The van der Waals surface area contributed by atoms with E-state index in [0.717, 1.165) is 12.6 Å². The number of pyridine rings is 1. The minimum Gasteiger partial charge on any atom is -0.468 e. The lowest BCUT2D eigenvalue weighted by molar-refractivity contribution is -0.154. The van der Waals surface area contributed by atoms with Crippen molar-refractivity contribution in [2.45, 2.75) is 38.5 Å². The van der Waals surface area contributed by atoms with Gasteiger partial charge in [0.15, 0.2) is 6.61 Å². The third kappa shape index (κ3) is 5.52. The maximum Gasteiger partial charge on any atom is 0.422 e. The van der Waals surface area contributed by atoms with Crippen molar-refractivity contribution in [1.82, 2.24) is 15.2 Å². The van der Waals surface area contributed by atoms with Gasteiger partial charge in [-0.1, -0.05) is 6.92 Å². The number of amides is 2. The second-order valence-corrected chi connectivity index (χ2v) is 6.90. The molecule has 0 aliphatic carbocycles. The summed E-state index contributed by atoms with van der Waals surface area (Å²) in [5.74, 6) is 0.0310. The Labute approximate surface area is 153 Å². The van der Waals surface area contributed by atoms with Crippen LogP contribution in [0.2, 0.25) is 0 Å². The zero-order chi connectivity index (χ0) is 19.3. The molecule has 0 radical (unpaired) electrons. The molecule has 1 aromatic heterocycles. The van der Waals surface area contributed by atoms with Crippen LogP contribution < -0.4 is 10.1 Å². The average molecular weight is 391 g/mol. The van der Waals surface area contributed by atoms with Crippen molar-refractivity contribution in [3.05, 3.63) is 23.9 Å². The summed E-state index contributed by atoms with van der Waals surface area (Å²) >= 11 is 1.46. The predicted octanol–water partition coefficient (Wildman–Crippen LogP) is 2.45. The van der Waals surface area contributed by atoms with E-state index in [0.29, 0.717) is 11.6 Å². The number of hydrogen-bond donors (Lipinski definition) is 1. The lowest BCUT2D eigenvalue weighted by Crippen LogP contribution is -2.49. The first-order chi connectivity index (χ1) is 12.2. The smallest absolute Gasteiger partial charge is 0.422 e. The van der Waals surface area contributed by atoms with Gasteiger partial charge in [0.25, 0.3) is 5.91 Å². The van der Waals surface area contributed by atoms with Gasteiger partial charge in [-0.05, 0) is 19.4 Å². The molecule has 0 saturated carbocycles. The third-order valence-electron chi connectivity index (χ3n) is 3.81. The molecule has 6 nitrogen and oxygen atoms in total. The first-order valence-corrected chi connectivity index (χ1v) is 9.21. The number of ether oxygens (including phenoxy) is 1. The molecule has 2 heterocycles. The Bertz CT molecular complexity index is 640. The van der Waals surface area contributed by atoms with Crippen LogP contribution in [0.15, 0.2) is 18.3 Å². The van der Waals surface area contributed by atoms with Crippen molar-refractivity contribution in [2.75, 3.05) is 18.2 Å². The molecule has 1 N–H and O–H groups in total. The number of carbonyl (C=O) groups excluding carboxylic acids is 2. The highest BCUT2D eigenvalue weighted by Crippen LogP contribution is 2.24. The maximum atomic E-state index is 12.6. The first kappa shape index (κ1) is 20.3. The molecule has 1 aliphatic rings. The van der Waals surface area contributed by atoms with Crippen molar-refractivity contribution in [2.24, 2.45) is 0 Å². The molecule has 2 atom stereocenters. The van der Waals surface area contributed by atoms with E-state index >= 15 is 0 Å². The summed E-state index contributed by atoms with van der Waals surface area (Å²) in [5.41, 5.74) is 0.188. The summed E-state index contributed by atoms with van der Waals surface area (Å²) in [6.45, 7) is 2.38. The number of nitrogens with zero attached hydrogens (tertiary/aromatic N) is 2. The van der Waals surface area contributed by atoms with E-state index in [9.17, 15) is 22.8 Å². The number of alkyl halides is 3. The molecule has 0 unspecified atom stereocenters. The molecule has 26 heavy (non-hydrogen) atoms. The van der Waals surface area contributed by atoms with Gasteiger partial charge in [-0.2, -0.15) is 13.2 Å². The fourth-order valence-corrected chi connectivity index (χ4v) is 3.37. The fraction of sp³-hybridized carbons (Fsp3) is 0.562. The van der Waals surface area contributed by atoms with E-state index < -0.39 is 24.7 Å². The number of aromatic nitrogens is 1. The van der Waals surface area contributed by atoms with Crippen molar-refractivity contribution in [1.29, 1.82) is 0 Å². The van der Waals surface area contributed by atoms with Crippen LogP contribution in [0, 0.1) is 0 Å². The molecular formula is C16H20F3N3O3S. The zero-order valence-electron chi connectivity index (χ0n) is 14.4. The van der Waals surface area contributed by atoms with Crippen molar-refractivity contribution in [3.8, 4) is 5.88 Å².